The molecule has 0 bridgehead atoms. The van der Waals surface area contributed by atoms with Crippen LogP contribution in [0.2, 0.25) is 0 Å². The Morgan fingerprint density at radius 2 is 2.15 bits per heavy atom. The molecule has 1 aliphatic rings. The number of aryl methyl sites for hydroxylation is 2. The van der Waals surface area contributed by atoms with Gasteiger partial charge in [-0.2, -0.15) is 4.98 Å². The summed E-state index contributed by atoms with van der Waals surface area (Å²) in [6.07, 6.45) is 4.01. The number of hydrogen-bond acceptors (Lipinski definition) is 6. The second kappa shape index (κ2) is 8.36. The standard InChI is InChI=1S/C20H28N4O2/c1-4-6-15-11-19(24-10-5-7-16(24)13-25)23-20(21-15)22-18-12-17(26-3)9-8-14(18)2/h8-9,11-12,16,25H,4-7,10,13H2,1-3H3,(H,21,22,23). The third-order valence-electron chi connectivity index (χ3n) is 4.85. The van der Waals surface area contributed by atoms with Crippen molar-refractivity contribution >= 4 is 17.5 Å². The zero-order valence-corrected chi connectivity index (χ0v) is 15.8. The molecule has 1 fully saturated rings. The molecular weight excluding hydrogens is 328 g/mol. The molecule has 1 aliphatic heterocycles. The van der Waals surface area contributed by atoms with Crippen LogP contribution < -0.4 is 15.0 Å². The van der Waals surface area contributed by atoms with Crippen LogP contribution in [0, 0.1) is 6.92 Å². The quantitative estimate of drug-likeness (QED) is 0.792. The summed E-state index contributed by atoms with van der Waals surface area (Å²) in [5.74, 6) is 2.27. The van der Waals surface area contributed by atoms with Crippen LogP contribution in [-0.4, -0.2) is 41.4 Å². The molecular formula is C20H28N4O2. The van der Waals surface area contributed by atoms with E-state index in [9.17, 15) is 5.11 Å². The smallest absolute Gasteiger partial charge is 0.229 e. The van der Waals surface area contributed by atoms with E-state index >= 15 is 0 Å². The van der Waals surface area contributed by atoms with Crippen LogP contribution >= 0.6 is 0 Å². The number of hydrogen-bond donors (Lipinski definition) is 2. The number of aromatic nitrogens is 2. The van der Waals surface area contributed by atoms with Crippen molar-refractivity contribution in [2.24, 2.45) is 0 Å². The first-order valence-corrected chi connectivity index (χ1v) is 9.31. The average Bonchev–Trinajstić information content (AvgIpc) is 3.12. The molecule has 1 saturated heterocycles. The highest BCUT2D eigenvalue weighted by Crippen LogP contribution is 2.28. The number of nitrogens with one attached hydrogen (secondary N) is 1. The van der Waals surface area contributed by atoms with Crippen molar-refractivity contribution < 1.29 is 9.84 Å². The molecule has 1 atom stereocenters. The summed E-state index contributed by atoms with van der Waals surface area (Å²) in [4.78, 5) is 11.6. The van der Waals surface area contributed by atoms with E-state index in [0.717, 1.165) is 60.7 Å². The van der Waals surface area contributed by atoms with Crippen LogP contribution in [0.15, 0.2) is 24.3 Å². The van der Waals surface area contributed by atoms with E-state index in [4.69, 9.17) is 9.72 Å². The number of anilines is 3. The molecule has 2 N–H and O–H groups in total. The van der Waals surface area contributed by atoms with E-state index in [2.05, 4.69) is 28.2 Å². The monoisotopic (exact) mass is 356 g/mol. The van der Waals surface area contributed by atoms with Crippen molar-refractivity contribution in [1.29, 1.82) is 0 Å². The number of aliphatic hydroxyl groups excluding tert-OH is 1. The van der Waals surface area contributed by atoms with Gasteiger partial charge in [-0.05, 0) is 37.8 Å². The molecule has 6 heteroatoms. The van der Waals surface area contributed by atoms with Crippen molar-refractivity contribution in [3.63, 3.8) is 0 Å². The fourth-order valence-corrected chi connectivity index (χ4v) is 3.38. The Hall–Kier alpha value is -2.34. The van der Waals surface area contributed by atoms with Gasteiger partial charge in [-0.25, -0.2) is 4.98 Å². The second-order valence-electron chi connectivity index (χ2n) is 6.77. The van der Waals surface area contributed by atoms with Gasteiger partial charge in [0.25, 0.3) is 0 Å². The summed E-state index contributed by atoms with van der Waals surface area (Å²) in [6, 6.07) is 8.11. The van der Waals surface area contributed by atoms with Gasteiger partial charge in [0.05, 0.1) is 19.8 Å². The second-order valence-corrected chi connectivity index (χ2v) is 6.77. The maximum Gasteiger partial charge on any atom is 0.229 e. The van der Waals surface area contributed by atoms with Gasteiger partial charge in [-0.1, -0.05) is 19.4 Å². The summed E-state index contributed by atoms with van der Waals surface area (Å²) < 4.78 is 5.33. The Bertz CT molecular complexity index is 751. The number of methoxy groups -OCH3 is 1. The normalized spacial score (nSPS) is 16.8. The number of nitrogens with zero attached hydrogens (tertiary/aromatic N) is 3. The van der Waals surface area contributed by atoms with Gasteiger partial charge in [-0.15, -0.1) is 0 Å². The van der Waals surface area contributed by atoms with Gasteiger partial charge in [0, 0.05) is 30.1 Å². The SMILES string of the molecule is CCCc1cc(N2CCCC2CO)nc(Nc2cc(OC)ccc2C)n1. The Morgan fingerprint density at radius 3 is 2.88 bits per heavy atom. The lowest BCUT2D eigenvalue weighted by atomic mass is 10.2. The minimum Gasteiger partial charge on any atom is -0.497 e. The number of ether oxygens (including phenoxy) is 1. The lowest BCUT2D eigenvalue weighted by Gasteiger charge is -2.25. The lowest BCUT2D eigenvalue weighted by Crippen LogP contribution is -2.33. The van der Waals surface area contributed by atoms with E-state index in [0.29, 0.717) is 5.95 Å². The topological polar surface area (TPSA) is 70.5 Å². The fourth-order valence-electron chi connectivity index (χ4n) is 3.38. The summed E-state index contributed by atoms with van der Waals surface area (Å²) in [5.41, 5.74) is 3.06. The summed E-state index contributed by atoms with van der Waals surface area (Å²) >= 11 is 0. The van der Waals surface area contributed by atoms with Gasteiger partial charge in [0.2, 0.25) is 5.95 Å². The molecule has 140 valence electrons. The van der Waals surface area contributed by atoms with Crippen LogP contribution in [0.1, 0.15) is 37.4 Å². The van der Waals surface area contributed by atoms with E-state index in [1.54, 1.807) is 7.11 Å². The molecule has 2 aromatic rings. The Labute approximate surface area is 155 Å². The lowest BCUT2D eigenvalue weighted by molar-refractivity contribution is 0.266. The Kier molecular flexibility index (Phi) is 5.93. The molecule has 2 heterocycles. The largest absolute Gasteiger partial charge is 0.497 e. The number of benzene rings is 1. The van der Waals surface area contributed by atoms with E-state index in [1.165, 1.54) is 0 Å². The Morgan fingerprint density at radius 1 is 1.31 bits per heavy atom. The van der Waals surface area contributed by atoms with Crippen molar-refractivity contribution in [1.82, 2.24) is 9.97 Å². The van der Waals surface area contributed by atoms with E-state index < -0.39 is 0 Å². The van der Waals surface area contributed by atoms with E-state index in [-0.39, 0.29) is 12.6 Å². The minimum absolute atomic E-state index is 0.144. The van der Waals surface area contributed by atoms with Crippen molar-refractivity contribution in [3.8, 4) is 5.75 Å². The first kappa shape index (κ1) is 18.5. The third kappa shape index (κ3) is 4.07. The first-order valence-electron chi connectivity index (χ1n) is 9.31. The fraction of sp³-hybridized carbons (Fsp3) is 0.500. The number of aliphatic hydroxyl groups is 1. The maximum atomic E-state index is 9.65. The van der Waals surface area contributed by atoms with Gasteiger partial charge in [-0.3, -0.25) is 0 Å². The zero-order valence-electron chi connectivity index (χ0n) is 15.8. The van der Waals surface area contributed by atoms with E-state index in [1.807, 2.05) is 25.1 Å². The van der Waals surface area contributed by atoms with Gasteiger partial charge in [0.1, 0.15) is 11.6 Å². The molecule has 0 radical (unpaired) electrons. The van der Waals surface area contributed by atoms with Crippen molar-refractivity contribution in [2.45, 2.75) is 45.6 Å². The number of rotatable bonds is 7. The van der Waals surface area contributed by atoms with Gasteiger partial charge in [0.15, 0.2) is 0 Å². The van der Waals surface area contributed by atoms with Crippen LogP contribution in [0.25, 0.3) is 0 Å². The minimum atomic E-state index is 0.144. The van der Waals surface area contributed by atoms with Crippen LogP contribution in [0.4, 0.5) is 17.5 Å². The average molecular weight is 356 g/mol. The molecule has 0 saturated carbocycles. The highest BCUT2D eigenvalue weighted by molar-refractivity contribution is 5.62. The van der Waals surface area contributed by atoms with Crippen molar-refractivity contribution in [2.75, 3.05) is 30.5 Å². The molecule has 6 nitrogen and oxygen atoms in total. The van der Waals surface area contributed by atoms with Gasteiger partial charge < -0.3 is 20.1 Å². The molecule has 0 spiro atoms. The van der Waals surface area contributed by atoms with Crippen molar-refractivity contribution in [3.05, 3.63) is 35.5 Å². The molecule has 1 aromatic heterocycles. The molecule has 0 aliphatic carbocycles. The predicted molar refractivity (Wildman–Crippen MR) is 104 cm³/mol. The summed E-state index contributed by atoms with van der Waals surface area (Å²) in [7, 11) is 1.66. The molecule has 0 amide bonds. The Balaban J connectivity index is 1.93. The van der Waals surface area contributed by atoms with Crippen LogP contribution in [0.3, 0.4) is 0 Å². The molecule has 3 rings (SSSR count). The highest BCUT2D eigenvalue weighted by atomic mass is 16.5. The molecule has 1 unspecified atom stereocenters. The molecule has 1 aromatic carbocycles. The first-order chi connectivity index (χ1) is 12.6. The predicted octanol–water partition coefficient (Wildman–Crippen LogP) is 3.45. The molecule has 26 heavy (non-hydrogen) atoms. The van der Waals surface area contributed by atoms with Gasteiger partial charge >= 0.3 is 0 Å². The maximum absolute atomic E-state index is 9.65. The third-order valence-corrected chi connectivity index (χ3v) is 4.85. The summed E-state index contributed by atoms with van der Waals surface area (Å²) in [5, 5.41) is 13.0. The highest BCUT2D eigenvalue weighted by Gasteiger charge is 2.25. The van der Waals surface area contributed by atoms with Crippen LogP contribution in [0.5, 0.6) is 5.75 Å². The van der Waals surface area contributed by atoms with Crippen LogP contribution in [-0.2, 0) is 6.42 Å². The summed E-state index contributed by atoms with van der Waals surface area (Å²) in [6.45, 7) is 5.27. The zero-order chi connectivity index (χ0) is 18.5.